The Balaban J connectivity index is 2.12. The Kier molecular flexibility index (Phi) is 2.92. The van der Waals surface area contributed by atoms with Gasteiger partial charge in [-0.2, -0.15) is 0 Å². The molecule has 0 spiro atoms. The number of rotatable bonds is 4. The molecule has 0 unspecified atom stereocenters. The number of nitrogens with two attached hydrogens (primary N) is 1. The molecule has 12 heavy (non-hydrogen) atoms. The molecule has 0 heterocycles. The maximum atomic E-state index is 11.0. The van der Waals surface area contributed by atoms with Crippen LogP contribution in [0, 0.1) is 5.41 Å². The summed E-state index contributed by atoms with van der Waals surface area (Å²) in [5.41, 5.74) is 5.78. The first-order valence-electron chi connectivity index (χ1n) is 4.44. The summed E-state index contributed by atoms with van der Waals surface area (Å²) in [5.74, 6) is 0. The molecule has 0 saturated heterocycles. The lowest BCUT2D eigenvalue weighted by molar-refractivity contribution is 0.239. The largest absolute Gasteiger partial charge is 0.338 e. The SMILES string of the molecule is CCNC(=O)NCC1(CN)CC1. The standard InChI is InChI=1S/C8H17N3O/c1-2-10-7(12)11-6-8(5-9)3-4-8/h2-6,9H2,1H3,(H2,10,11,12). The smallest absolute Gasteiger partial charge is 0.314 e. The van der Waals surface area contributed by atoms with Crippen LogP contribution in [0.2, 0.25) is 0 Å². The molecular formula is C8H17N3O. The van der Waals surface area contributed by atoms with Gasteiger partial charge in [-0.25, -0.2) is 4.79 Å². The second-order valence-electron chi connectivity index (χ2n) is 3.42. The fourth-order valence-corrected chi connectivity index (χ4v) is 1.12. The van der Waals surface area contributed by atoms with Gasteiger partial charge in [-0.1, -0.05) is 0 Å². The van der Waals surface area contributed by atoms with Crippen molar-refractivity contribution in [3.05, 3.63) is 0 Å². The fraction of sp³-hybridized carbons (Fsp3) is 0.875. The zero-order valence-corrected chi connectivity index (χ0v) is 7.52. The third-order valence-corrected chi connectivity index (χ3v) is 2.35. The quantitative estimate of drug-likeness (QED) is 0.559. The van der Waals surface area contributed by atoms with Gasteiger partial charge < -0.3 is 16.4 Å². The van der Waals surface area contributed by atoms with Gasteiger partial charge in [0.15, 0.2) is 0 Å². The Morgan fingerprint density at radius 3 is 2.58 bits per heavy atom. The molecule has 0 bridgehead atoms. The van der Waals surface area contributed by atoms with Gasteiger partial charge in [0.05, 0.1) is 0 Å². The predicted octanol–water partition coefficient (Wildman–Crippen LogP) is 0.0444. The van der Waals surface area contributed by atoms with Crippen LogP contribution in [0.3, 0.4) is 0 Å². The molecule has 1 saturated carbocycles. The van der Waals surface area contributed by atoms with Crippen LogP contribution in [0.15, 0.2) is 0 Å². The highest BCUT2D eigenvalue weighted by atomic mass is 16.2. The van der Waals surface area contributed by atoms with Gasteiger partial charge in [0.25, 0.3) is 0 Å². The lowest BCUT2D eigenvalue weighted by Crippen LogP contribution is -2.40. The lowest BCUT2D eigenvalue weighted by Gasteiger charge is -2.13. The van der Waals surface area contributed by atoms with Gasteiger partial charge in [-0.3, -0.25) is 0 Å². The van der Waals surface area contributed by atoms with Gasteiger partial charge in [0.2, 0.25) is 0 Å². The molecule has 0 aliphatic heterocycles. The topological polar surface area (TPSA) is 67.2 Å². The van der Waals surface area contributed by atoms with Gasteiger partial charge in [0.1, 0.15) is 0 Å². The van der Waals surface area contributed by atoms with Gasteiger partial charge in [-0.15, -0.1) is 0 Å². The summed E-state index contributed by atoms with van der Waals surface area (Å²) in [6, 6.07) is -0.0859. The highest BCUT2D eigenvalue weighted by Crippen LogP contribution is 2.43. The predicted molar refractivity (Wildman–Crippen MR) is 47.8 cm³/mol. The molecule has 1 rings (SSSR count). The average molecular weight is 171 g/mol. The summed E-state index contributed by atoms with van der Waals surface area (Å²) in [4.78, 5) is 11.0. The molecule has 0 aromatic rings. The maximum Gasteiger partial charge on any atom is 0.314 e. The molecule has 4 nitrogen and oxygen atoms in total. The van der Waals surface area contributed by atoms with Crippen molar-refractivity contribution in [2.75, 3.05) is 19.6 Å². The number of amides is 2. The highest BCUT2D eigenvalue weighted by Gasteiger charge is 2.41. The molecule has 2 amide bonds. The van der Waals surface area contributed by atoms with Crippen LogP contribution >= 0.6 is 0 Å². The van der Waals surface area contributed by atoms with Crippen molar-refractivity contribution >= 4 is 6.03 Å². The Labute approximate surface area is 72.9 Å². The molecule has 4 N–H and O–H groups in total. The van der Waals surface area contributed by atoms with Crippen LogP contribution in [0.25, 0.3) is 0 Å². The van der Waals surface area contributed by atoms with Crippen LogP contribution in [0.1, 0.15) is 19.8 Å². The highest BCUT2D eigenvalue weighted by molar-refractivity contribution is 5.73. The normalized spacial score (nSPS) is 18.5. The summed E-state index contributed by atoms with van der Waals surface area (Å²) >= 11 is 0. The van der Waals surface area contributed by atoms with E-state index in [-0.39, 0.29) is 11.4 Å². The van der Waals surface area contributed by atoms with Crippen molar-refractivity contribution in [1.82, 2.24) is 10.6 Å². The van der Waals surface area contributed by atoms with Crippen molar-refractivity contribution in [2.24, 2.45) is 11.1 Å². The number of carbonyl (C=O) groups excluding carboxylic acids is 1. The Bertz CT molecular complexity index is 166. The minimum Gasteiger partial charge on any atom is -0.338 e. The Morgan fingerprint density at radius 1 is 1.50 bits per heavy atom. The van der Waals surface area contributed by atoms with E-state index < -0.39 is 0 Å². The molecule has 0 aromatic carbocycles. The zero-order valence-electron chi connectivity index (χ0n) is 7.52. The summed E-state index contributed by atoms with van der Waals surface area (Å²) < 4.78 is 0. The van der Waals surface area contributed by atoms with Gasteiger partial charge in [0, 0.05) is 18.5 Å². The third-order valence-electron chi connectivity index (χ3n) is 2.35. The number of urea groups is 1. The maximum absolute atomic E-state index is 11.0. The van der Waals surface area contributed by atoms with E-state index in [0.29, 0.717) is 13.1 Å². The second kappa shape index (κ2) is 3.76. The van der Waals surface area contributed by atoms with E-state index in [4.69, 9.17) is 5.73 Å². The molecule has 70 valence electrons. The van der Waals surface area contributed by atoms with Gasteiger partial charge in [-0.05, 0) is 26.3 Å². The molecular weight excluding hydrogens is 154 g/mol. The molecule has 0 aromatic heterocycles. The summed E-state index contributed by atoms with van der Waals surface area (Å²) in [6.45, 7) is 3.96. The van der Waals surface area contributed by atoms with Gasteiger partial charge >= 0.3 is 6.03 Å². The summed E-state index contributed by atoms with van der Waals surface area (Å²) in [6.07, 6.45) is 2.30. The lowest BCUT2D eigenvalue weighted by atomic mass is 10.1. The van der Waals surface area contributed by atoms with E-state index in [1.54, 1.807) is 0 Å². The second-order valence-corrected chi connectivity index (χ2v) is 3.42. The minimum absolute atomic E-state index is 0.0859. The third kappa shape index (κ3) is 2.37. The van der Waals surface area contributed by atoms with Crippen LogP contribution in [0.4, 0.5) is 4.79 Å². The van der Waals surface area contributed by atoms with E-state index in [0.717, 1.165) is 19.4 Å². The van der Waals surface area contributed by atoms with E-state index in [1.807, 2.05) is 6.92 Å². The first-order chi connectivity index (χ1) is 5.72. The average Bonchev–Trinajstić information content (AvgIpc) is 2.82. The van der Waals surface area contributed by atoms with Crippen LogP contribution < -0.4 is 16.4 Å². The first-order valence-corrected chi connectivity index (χ1v) is 4.44. The van der Waals surface area contributed by atoms with Crippen molar-refractivity contribution < 1.29 is 4.79 Å². The first kappa shape index (κ1) is 9.32. The van der Waals surface area contributed by atoms with Crippen molar-refractivity contribution in [3.8, 4) is 0 Å². The molecule has 1 fully saturated rings. The zero-order chi connectivity index (χ0) is 9.03. The van der Waals surface area contributed by atoms with E-state index in [9.17, 15) is 4.79 Å². The van der Waals surface area contributed by atoms with Crippen LogP contribution in [0.5, 0.6) is 0 Å². The van der Waals surface area contributed by atoms with Crippen molar-refractivity contribution in [1.29, 1.82) is 0 Å². The van der Waals surface area contributed by atoms with Crippen molar-refractivity contribution in [3.63, 3.8) is 0 Å². The molecule has 4 heteroatoms. The molecule has 0 radical (unpaired) electrons. The number of nitrogens with one attached hydrogen (secondary N) is 2. The Hall–Kier alpha value is -0.770. The number of hydrogen-bond donors (Lipinski definition) is 3. The van der Waals surface area contributed by atoms with E-state index >= 15 is 0 Å². The van der Waals surface area contributed by atoms with Crippen LogP contribution in [-0.4, -0.2) is 25.7 Å². The number of hydrogen-bond acceptors (Lipinski definition) is 2. The van der Waals surface area contributed by atoms with E-state index in [1.165, 1.54) is 0 Å². The minimum atomic E-state index is -0.0859. The molecule has 1 aliphatic carbocycles. The Morgan fingerprint density at radius 2 is 2.17 bits per heavy atom. The van der Waals surface area contributed by atoms with Crippen LogP contribution in [-0.2, 0) is 0 Å². The number of carbonyl (C=O) groups is 1. The fourth-order valence-electron chi connectivity index (χ4n) is 1.12. The monoisotopic (exact) mass is 171 g/mol. The summed E-state index contributed by atoms with van der Waals surface area (Å²) in [5, 5.41) is 5.49. The van der Waals surface area contributed by atoms with E-state index in [2.05, 4.69) is 10.6 Å². The van der Waals surface area contributed by atoms with Crippen molar-refractivity contribution in [2.45, 2.75) is 19.8 Å². The molecule has 0 atom stereocenters. The molecule has 1 aliphatic rings. The summed E-state index contributed by atoms with van der Waals surface area (Å²) in [7, 11) is 0.